The molecule has 2 aliphatic rings. The molecule has 0 bridgehead atoms. The second-order valence-corrected chi connectivity index (χ2v) is 7.94. The quantitative estimate of drug-likeness (QED) is 0.925. The van der Waals surface area contributed by atoms with Gasteiger partial charge in [-0.05, 0) is 49.8 Å². The first kappa shape index (κ1) is 17.2. The van der Waals surface area contributed by atoms with Crippen LogP contribution >= 0.6 is 0 Å². The highest BCUT2D eigenvalue weighted by Crippen LogP contribution is 2.32. The van der Waals surface area contributed by atoms with Crippen LogP contribution in [0.2, 0.25) is 0 Å². The molecule has 136 valence electrons. The van der Waals surface area contributed by atoms with E-state index in [9.17, 15) is 0 Å². The molecule has 5 heteroatoms. The van der Waals surface area contributed by atoms with Crippen molar-refractivity contribution < 1.29 is 0 Å². The topological polar surface area (TPSA) is 67.4 Å². The molecule has 2 aliphatic heterocycles. The van der Waals surface area contributed by atoms with Crippen LogP contribution < -0.4 is 10.6 Å². The van der Waals surface area contributed by atoms with Gasteiger partial charge in [0.05, 0.1) is 24.1 Å². The minimum absolute atomic E-state index is 0.264. The molecule has 0 spiro atoms. The van der Waals surface area contributed by atoms with Crippen molar-refractivity contribution in [3.05, 3.63) is 52.5 Å². The Morgan fingerprint density at radius 3 is 2.69 bits per heavy atom. The molecule has 1 aromatic carbocycles. The van der Waals surface area contributed by atoms with E-state index in [1.807, 2.05) is 6.20 Å². The third-order valence-corrected chi connectivity index (χ3v) is 6.09. The number of hydrogen-bond acceptors (Lipinski definition) is 5. The lowest BCUT2D eigenvalue weighted by Crippen LogP contribution is -2.42. The van der Waals surface area contributed by atoms with Crippen LogP contribution in [0.5, 0.6) is 0 Å². The summed E-state index contributed by atoms with van der Waals surface area (Å²) in [6, 6.07) is 6.35. The molecule has 26 heavy (non-hydrogen) atoms. The molecule has 1 saturated heterocycles. The molecule has 0 saturated carbocycles. The monoisotopic (exact) mass is 349 g/mol. The number of nitrogens with zero attached hydrogens (tertiary/aromatic N) is 4. The molecule has 4 rings (SSSR count). The fourth-order valence-corrected chi connectivity index (χ4v) is 3.81. The zero-order chi connectivity index (χ0) is 18.3. The molecule has 3 heterocycles. The van der Waals surface area contributed by atoms with E-state index in [0.717, 1.165) is 55.4 Å². The van der Waals surface area contributed by atoms with Crippen LogP contribution in [0.3, 0.4) is 0 Å². The first-order chi connectivity index (χ1) is 12.5. The standard InChI is InChI=1S/C21H27N5/c1-14-5-4-6-16(15(14)2)19-20-17(11-23-19)25-18(12-24-20)26-9-7-21(3,13-22)8-10-26/h4-6,12H,7-11,13,22H2,1-3H3. The van der Waals surface area contributed by atoms with Crippen LogP contribution in [-0.2, 0) is 6.54 Å². The van der Waals surface area contributed by atoms with Gasteiger partial charge >= 0.3 is 0 Å². The molecule has 2 aromatic rings. The van der Waals surface area contributed by atoms with E-state index in [0.29, 0.717) is 6.54 Å². The van der Waals surface area contributed by atoms with Crippen LogP contribution in [0.25, 0.3) is 0 Å². The van der Waals surface area contributed by atoms with Crippen LogP contribution in [0.4, 0.5) is 5.82 Å². The molecule has 1 aromatic heterocycles. The fourth-order valence-electron chi connectivity index (χ4n) is 3.81. The zero-order valence-corrected chi connectivity index (χ0v) is 15.9. The lowest BCUT2D eigenvalue weighted by atomic mass is 9.80. The van der Waals surface area contributed by atoms with Gasteiger partial charge in [0.2, 0.25) is 0 Å². The third-order valence-electron chi connectivity index (χ3n) is 6.09. The van der Waals surface area contributed by atoms with Gasteiger partial charge in [0.15, 0.2) is 0 Å². The van der Waals surface area contributed by atoms with E-state index in [-0.39, 0.29) is 5.41 Å². The predicted octanol–water partition coefficient (Wildman–Crippen LogP) is 3.01. The second kappa shape index (κ2) is 6.47. The molecule has 1 fully saturated rings. The number of benzene rings is 1. The van der Waals surface area contributed by atoms with Crippen molar-refractivity contribution >= 4 is 11.5 Å². The number of aromatic nitrogens is 2. The highest BCUT2D eigenvalue weighted by Gasteiger charge is 2.30. The van der Waals surface area contributed by atoms with Crippen molar-refractivity contribution in [2.45, 2.75) is 40.2 Å². The molecular formula is C21H27N5. The van der Waals surface area contributed by atoms with Crippen molar-refractivity contribution in [1.29, 1.82) is 0 Å². The van der Waals surface area contributed by atoms with E-state index in [4.69, 9.17) is 20.7 Å². The van der Waals surface area contributed by atoms with Crippen molar-refractivity contribution in [3.63, 3.8) is 0 Å². The van der Waals surface area contributed by atoms with Crippen molar-refractivity contribution in [2.24, 2.45) is 16.1 Å². The molecule has 5 nitrogen and oxygen atoms in total. The summed E-state index contributed by atoms with van der Waals surface area (Å²) in [5, 5.41) is 0. The summed E-state index contributed by atoms with van der Waals surface area (Å²) < 4.78 is 0. The van der Waals surface area contributed by atoms with E-state index in [2.05, 4.69) is 43.9 Å². The van der Waals surface area contributed by atoms with E-state index < -0.39 is 0 Å². The number of aryl methyl sites for hydroxylation is 1. The van der Waals surface area contributed by atoms with Gasteiger partial charge in [-0.15, -0.1) is 0 Å². The Balaban J connectivity index is 1.58. The van der Waals surface area contributed by atoms with E-state index >= 15 is 0 Å². The lowest BCUT2D eigenvalue weighted by molar-refractivity contribution is 0.258. The minimum Gasteiger partial charge on any atom is -0.355 e. The summed E-state index contributed by atoms with van der Waals surface area (Å²) in [5.74, 6) is 0.972. The average molecular weight is 349 g/mol. The summed E-state index contributed by atoms with van der Waals surface area (Å²) in [4.78, 5) is 16.7. The Hall–Kier alpha value is -2.27. The smallest absolute Gasteiger partial charge is 0.147 e. The number of hydrogen-bond donors (Lipinski definition) is 1. The average Bonchev–Trinajstić information content (AvgIpc) is 3.07. The molecule has 0 amide bonds. The Bertz CT molecular complexity index is 863. The number of nitrogens with two attached hydrogens (primary N) is 1. The maximum atomic E-state index is 5.93. The van der Waals surface area contributed by atoms with E-state index in [1.54, 1.807) is 0 Å². The Morgan fingerprint density at radius 2 is 1.96 bits per heavy atom. The van der Waals surface area contributed by atoms with Gasteiger partial charge in [-0.1, -0.05) is 25.1 Å². The minimum atomic E-state index is 0.264. The highest BCUT2D eigenvalue weighted by atomic mass is 15.2. The van der Waals surface area contributed by atoms with Gasteiger partial charge in [0.25, 0.3) is 0 Å². The predicted molar refractivity (Wildman–Crippen MR) is 106 cm³/mol. The SMILES string of the molecule is Cc1cccc(C2=NCc3nc(N4CCC(C)(CN)CC4)cnc32)c1C. The number of aliphatic imine (C=N–C) groups is 1. The van der Waals surface area contributed by atoms with Gasteiger partial charge in [-0.3, -0.25) is 4.99 Å². The Kier molecular flexibility index (Phi) is 4.27. The Morgan fingerprint density at radius 1 is 1.19 bits per heavy atom. The van der Waals surface area contributed by atoms with Crippen LogP contribution in [0, 0.1) is 19.3 Å². The van der Waals surface area contributed by atoms with Gasteiger partial charge < -0.3 is 10.6 Å². The number of fused-ring (bicyclic) bond motifs is 1. The fraction of sp³-hybridized carbons (Fsp3) is 0.476. The van der Waals surface area contributed by atoms with Gasteiger partial charge in [0.1, 0.15) is 11.5 Å². The normalized spacial score (nSPS) is 18.6. The zero-order valence-electron chi connectivity index (χ0n) is 15.9. The first-order valence-corrected chi connectivity index (χ1v) is 9.43. The van der Waals surface area contributed by atoms with E-state index in [1.165, 1.54) is 16.7 Å². The molecule has 2 N–H and O–H groups in total. The first-order valence-electron chi connectivity index (χ1n) is 9.43. The van der Waals surface area contributed by atoms with Crippen molar-refractivity contribution in [1.82, 2.24) is 9.97 Å². The van der Waals surface area contributed by atoms with Gasteiger partial charge in [-0.25, -0.2) is 9.97 Å². The summed E-state index contributed by atoms with van der Waals surface area (Å²) in [6.07, 6.45) is 4.12. The maximum Gasteiger partial charge on any atom is 0.147 e. The lowest BCUT2D eigenvalue weighted by Gasteiger charge is -2.39. The largest absolute Gasteiger partial charge is 0.355 e. The maximum absolute atomic E-state index is 5.93. The second-order valence-electron chi connectivity index (χ2n) is 7.94. The van der Waals surface area contributed by atoms with Crippen LogP contribution in [-0.4, -0.2) is 35.3 Å². The Labute approximate surface area is 155 Å². The molecule has 0 unspecified atom stereocenters. The van der Waals surface area contributed by atoms with Gasteiger partial charge in [-0.2, -0.15) is 0 Å². The molecule has 0 atom stereocenters. The van der Waals surface area contributed by atoms with Crippen molar-refractivity contribution in [3.8, 4) is 0 Å². The highest BCUT2D eigenvalue weighted by molar-refractivity contribution is 6.14. The number of piperidine rings is 1. The number of anilines is 1. The third kappa shape index (κ3) is 2.90. The molecule has 0 aliphatic carbocycles. The van der Waals surface area contributed by atoms with Gasteiger partial charge in [0, 0.05) is 18.7 Å². The molecule has 0 radical (unpaired) electrons. The summed E-state index contributed by atoms with van der Waals surface area (Å²) in [6.45, 7) is 9.92. The summed E-state index contributed by atoms with van der Waals surface area (Å²) >= 11 is 0. The summed E-state index contributed by atoms with van der Waals surface area (Å²) in [7, 11) is 0. The summed E-state index contributed by atoms with van der Waals surface area (Å²) in [5.41, 5.74) is 12.8. The molecular weight excluding hydrogens is 322 g/mol. The van der Waals surface area contributed by atoms with Crippen molar-refractivity contribution in [2.75, 3.05) is 24.5 Å². The van der Waals surface area contributed by atoms with Crippen LogP contribution in [0.1, 0.15) is 47.8 Å². The number of rotatable bonds is 3. The van der Waals surface area contributed by atoms with Crippen LogP contribution in [0.15, 0.2) is 29.4 Å².